The van der Waals surface area contributed by atoms with Gasteiger partial charge in [-0.3, -0.25) is 23.9 Å². The van der Waals surface area contributed by atoms with Gasteiger partial charge in [0.15, 0.2) is 11.9 Å². The van der Waals surface area contributed by atoms with Crippen LogP contribution < -0.4 is 16.6 Å². The topological polar surface area (TPSA) is 130 Å². The Bertz CT molecular complexity index is 1010. The molecule has 0 unspecified atom stereocenters. The number of aliphatic hydroxyl groups is 1. The number of benzene rings is 1. The van der Waals surface area contributed by atoms with E-state index in [-0.39, 0.29) is 18.1 Å². The Hall–Kier alpha value is -2.75. The minimum absolute atomic E-state index is 0.00659. The van der Waals surface area contributed by atoms with Crippen molar-refractivity contribution in [2.75, 3.05) is 11.2 Å². The number of anilines is 1. The second kappa shape index (κ2) is 8.09. The van der Waals surface area contributed by atoms with Crippen molar-refractivity contribution in [3.8, 4) is 0 Å². The minimum Gasteiger partial charge on any atom is -0.390 e. The molecule has 2 heterocycles. The summed E-state index contributed by atoms with van der Waals surface area (Å²) in [6.07, 6.45) is -1.90. The van der Waals surface area contributed by atoms with Crippen LogP contribution >= 0.6 is 11.6 Å². The molecule has 1 saturated heterocycles. The molecule has 3 rings (SSSR count). The van der Waals surface area contributed by atoms with Gasteiger partial charge >= 0.3 is 5.69 Å². The number of hydrogen-bond donors (Lipinski definition) is 3. The molecule has 1 aliphatic heterocycles. The number of alkyl halides is 1. The lowest BCUT2D eigenvalue weighted by Crippen LogP contribution is -2.36. The van der Waals surface area contributed by atoms with Crippen LogP contribution in [0.2, 0.25) is 0 Å². The van der Waals surface area contributed by atoms with Crippen LogP contribution in [0.4, 0.5) is 5.69 Å². The maximum atomic E-state index is 12.5. The van der Waals surface area contributed by atoms with Gasteiger partial charge < -0.3 is 15.2 Å². The van der Waals surface area contributed by atoms with Crippen LogP contribution in [0.5, 0.6) is 0 Å². The van der Waals surface area contributed by atoms with Gasteiger partial charge in [0, 0.05) is 29.4 Å². The average molecular weight is 408 g/mol. The molecule has 28 heavy (non-hydrogen) atoms. The van der Waals surface area contributed by atoms with Crippen molar-refractivity contribution in [3.05, 3.63) is 62.4 Å². The number of rotatable bonds is 5. The molecule has 3 N–H and O–H groups in total. The second-order valence-corrected chi connectivity index (χ2v) is 6.68. The molecule has 3 atom stereocenters. The lowest BCUT2D eigenvalue weighted by molar-refractivity contribution is -0.132. The summed E-state index contributed by atoms with van der Waals surface area (Å²) in [5.74, 6) is -0.974. The number of amides is 1. The van der Waals surface area contributed by atoms with Crippen LogP contribution in [0.15, 0.2) is 40.1 Å². The molecule has 1 amide bonds. The Labute approximate surface area is 163 Å². The Balaban J connectivity index is 1.71. The standard InChI is InChI=1S/C18H18ClN3O6/c1-9-8-22(18(27)21-16(9)25)14-6-12(23)15(28-14)17(26)20-11-4-2-10(3-5-11)13(24)7-19/h2-5,8,12,14-15,23H,6-7H2,1H3,(H,20,26)(H,21,25,27)/t12-,14+,15-/m0/s1. The van der Waals surface area contributed by atoms with Gasteiger partial charge in [-0.05, 0) is 31.2 Å². The van der Waals surface area contributed by atoms with E-state index in [1.54, 1.807) is 0 Å². The molecular weight excluding hydrogens is 390 g/mol. The molecule has 0 aliphatic carbocycles. The molecule has 148 valence electrons. The van der Waals surface area contributed by atoms with E-state index in [1.807, 2.05) is 0 Å². The third kappa shape index (κ3) is 4.06. The molecule has 0 spiro atoms. The number of Topliss-reactive ketones (excluding diaryl/α,β-unsaturated/α-hetero) is 1. The predicted octanol–water partition coefficient (Wildman–Crippen LogP) is 0.554. The van der Waals surface area contributed by atoms with E-state index in [4.69, 9.17) is 16.3 Å². The predicted molar refractivity (Wildman–Crippen MR) is 101 cm³/mol. The molecule has 9 nitrogen and oxygen atoms in total. The first-order valence-electron chi connectivity index (χ1n) is 8.46. The van der Waals surface area contributed by atoms with Gasteiger partial charge in [-0.1, -0.05) is 0 Å². The number of nitrogens with one attached hydrogen (secondary N) is 2. The fourth-order valence-corrected chi connectivity index (χ4v) is 3.05. The highest BCUT2D eigenvalue weighted by Crippen LogP contribution is 2.28. The maximum Gasteiger partial charge on any atom is 0.330 e. The van der Waals surface area contributed by atoms with Gasteiger partial charge in [-0.25, -0.2) is 4.79 Å². The van der Waals surface area contributed by atoms with E-state index in [2.05, 4.69) is 10.3 Å². The van der Waals surface area contributed by atoms with Crippen molar-refractivity contribution >= 4 is 29.0 Å². The number of nitrogens with zero attached hydrogens (tertiary/aromatic N) is 1. The van der Waals surface area contributed by atoms with Crippen LogP contribution in [0, 0.1) is 6.92 Å². The summed E-state index contributed by atoms with van der Waals surface area (Å²) in [6, 6.07) is 6.12. The highest BCUT2D eigenvalue weighted by molar-refractivity contribution is 6.30. The first-order valence-corrected chi connectivity index (χ1v) is 8.99. The van der Waals surface area contributed by atoms with Crippen LogP contribution in [0.25, 0.3) is 0 Å². The van der Waals surface area contributed by atoms with Gasteiger partial charge in [0.05, 0.1) is 12.0 Å². The summed E-state index contributed by atoms with van der Waals surface area (Å²) in [6.45, 7) is 1.53. The van der Waals surface area contributed by atoms with Gasteiger partial charge in [-0.15, -0.1) is 11.6 Å². The fourth-order valence-electron chi connectivity index (χ4n) is 2.89. The zero-order valence-electron chi connectivity index (χ0n) is 14.8. The van der Waals surface area contributed by atoms with Gasteiger partial charge in [0.25, 0.3) is 11.5 Å². The lowest BCUT2D eigenvalue weighted by Gasteiger charge is -2.16. The molecule has 2 aromatic rings. The SMILES string of the molecule is Cc1cn([C@H]2C[C@H](O)[C@@H](C(=O)Nc3ccc(C(=O)CCl)cc3)O2)c(=O)[nH]c1=O. The largest absolute Gasteiger partial charge is 0.390 e. The van der Waals surface area contributed by atoms with Gasteiger partial charge in [-0.2, -0.15) is 0 Å². The van der Waals surface area contributed by atoms with Crippen molar-refractivity contribution in [1.82, 2.24) is 9.55 Å². The second-order valence-electron chi connectivity index (χ2n) is 6.42. The van der Waals surface area contributed by atoms with Crippen molar-refractivity contribution in [1.29, 1.82) is 0 Å². The van der Waals surface area contributed by atoms with Crippen molar-refractivity contribution in [3.63, 3.8) is 0 Å². The Kier molecular flexibility index (Phi) is 5.78. The summed E-state index contributed by atoms with van der Waals surface area (Å²) < 4.78 is 6.69. The Morgan fingerprint density at radius 3 is 2.64 bits per heavy atom. The van der Waals surface area contributed by atoms with E-state index in [9.17, 15) is 24.3 Å². The number of carbonyl (C=O) groups excluding carboxylic acids is 2. The van der Waals surface area contributed by atoms with Crippen molar-refractivity contribution in [2.45, 2.75) is 31.8 Å². The molecule has 0 radical (unpaired) electrons. The van der Waals surface area contributed by atoms with Crippen LogP contribution in [-0.2, 0) is 9.53 Å². The van der Waals surface area contributed by atoms with Crippen molar-refractivity contribution in [2.24, 2.45) is 0 Å². The number of ketones is 1. The summed E-state index contributed by atoms with van der Waals surface area (Å²) >= 11 is 5.50. The van der Waals surface area contributed by atoms with Crippen molar-refractivity contribution < 1.29 is 19.4 Å². The number of H-pyrrole nitrogens is 1. The molecule has 0 saturated carbocycles. The van der Waals surface area contributed by atoms with E-state index < -0.39 is 35.6 Å². The summed E-state index contributed by atoms with van der Waals surface area (Å²) in [4.78, 5) is 49.6. The average Bonchev–Trinajstić information content (AvgIpc) is 3.06. The van der Waals surface area contributed by atoms with E-state index >= 15 is 0 Å². The Morgan fingerprint density at radius 2 is 2.00 bits per heavy atom. The summed E-state index contributed by atoms with van der Waals surface area (Å²) in [5.41, 5.74) is -0.0683. The molecule has 1 aliphatic rings. The normalized spacial score (nSPS) is 21.5. The first-order chi connectivity index (χ1) is 13.3. The number of aromatic amines is 1. The molecule has 1 aromatic carbocycles. The number of ether oxygens (including phenoxy) is 1. The maximum absolute atomic E-state index is 12.5. The quantitative estimate of drug-likeness (QED) is 0.490. The van der Waals surface area contributed by atoms with Crippen LogP contribution in [0.3, 0.4) is 0 Å². The molecule has 10 heteroatoms. The van der Waals surface area contributed by atoms with Gasteiger partial charge in [0.2, 0.25) is 0 Å². The molecular formula is C18H18ClN3O6. The first kappa shape index (κ1) is 20.0. The highest BCUT2D eigenvalue weighted by atomic mass is 35.5. The third-order valence-electron chi connectivity index (χ3n) is 4.41. The summed E-state index contributed by atoms with van der Waals surface area (Å²) in [5, 5.41) is 12.8. The summed E-state index contributed by atoms with van der Waals surface area (Å²) in [7, 11) is 0. The third-order valence-corrected chi connectivity index (χ3v) is 4.65. The zero-order chi connectivity index (χ0) is 20.4. The van der Waals surface area contributed by atoms with Gasteiger partial charge in [0.1, 0.15) is 6.23 Å². The lowest BCUT2D eigenvalue weighted by atomic mass is 10.1. The number of carbonyl (C=O) groups is 2. The zero-order valence-corrected chi connectivity index (χ0v) is 15.6. The van der Waals surface area contributed by atoms with Crippen LogP contribution in [0.1, 0.15) is 28.6 Å². The van der Waals surface area contributed by atoms with Crippen LogP contribution in [-0.4, -0.2) is 44.4 Å². The van der Waals surface area contributed by atoms with E-state index in [1.165, 1.54) is 37.4 Å². The van der Waals surface area contributed by atoms with E-state index in [0.717, 1.165) is 4.57 Å². The number of aromatic nitrogens is 2. The smallest absolute Gasteiger partial charge is 0.330 e. The number of aliphatic hydroxyl groups excluding tert-OH is 1. The fraction of sp³-hybridized carbons (Fsp3) is 0.333. The van der Waals surface area contributed by atoms with E-state index in [0.29, 0.717) is 16.8 Å². The molecule has 0 bridgehead atoms. The minimum atomic E-state index is -1.20. The number of halogens is 1. The molecule has 1 fully saturated rings. The molecule has 1 aromatic heterocycles. The highest BCUT2D eigenvalue weighted by Gasteiger charge is 2.40. The number of hydrogen-bond acceptors (Lipinski definition) is 6. The monoisotopic (exact) mass is 407 g/mol. The Morgan fingerprint density at radius 1 is 1.32 bits per heavy atom. The number of aryl methyl sites for hydroxylation is 1.